The van der Waals surface area contributed by atoms with Crippen LogP contribution >= 0.6 is 11.3 Å². The van der Waals surface area contributed by atoms with Crippen LogP contribution in [0.2, 0.25) is 0 Å². The minimum atomic E-state index is 0.374. The van der Waals surface area contributed by atoms with Gasteiger partial charge < -0.3 is 4.74 Å². The third-order valence-electron chi connectivity index (χ3n) is 4.60. The lowest BCUT2D eigenvalue weighted by Gasteiger charge is -2.38. The summed E-state index contributed by atoms with van der Waals surface area (Å²) >= 11 is 1.77. The van der Waals surface area contributed by atoms with Gasteiger partial charge in [0.1, 0.15) is 0 Å². The van der Waals surface area contributed by atoms with Gasteiger partial charge in [-0.3, -0.25) is 4.90 Å². The molecule has 1 aromatic carbocycles. The van der Waals surface area contributed by atoms with E-state index in [1.165, 1.54) is 16.1 Å². The number of hydrogen-bond donors (Lipinski definition) is 0. The van der Waals surface area contributed by atoms with E-state index in [1.807, 2.05) is 12.6 Å². The van der Waals surface area contributed by atoms with Crippen molar-refractivity contribution in [3.05, 3.63) is 52.0 Å². The van der Waals surface area contributed by atoms with E-state index in [2.05, 4.69) is 47.1 Å². The van der Waals surface area contributed by atoms with Crippen LogP contribution in [0.15, 0.2) is 35.8 Å². The van der Waals surface area contributed by atoms with Gasteiger partial charge in [0.25, 0.3) is 0 Å². The summed E-state index contributed by atoms with van der Waals surface area (Å²) in [7, 11) is 1.85. The van der Waals surface area contributed by atoms with Gasteiger partial charge in [-0.1, -0.05) is 30.3 Å². The molecule has 4 heteroatoms. The number of rotatable bonds is 5. The molecule has 3 nitrogen and oxygen atoms in total. The second-order valence-electron chi connectivity index (χ2n) is 6.11. The maximum Gasteiger partial charge on any atom is 0.0798 e. The van der Waals surface area contributed by atoms with Crippen molar-refractivity contribution in [2.45, 2.75) is 32.4 Å². The van der Waals surface area contributed by atoms with Crippen LogP contribution in [0.4, 0.5) is 0 Å². The fourth-order valence-electron chi connectivity index (χ4n) is 3.33. The van der Waals surface area contributed by atoms with E-state index in [-0.39, 0.29) is 0 Å². The van der Waals surface area contributed by atoms with Crippen LogP contribution in [0.5, 0.6) is 0 Å². The lowest BCUT2D eigenvalue weighted by atomic mass is 9.88. The number of piperidine rings is 1. The number of benzene rings is 1. The first-order valence-corrected chi connectivity index (χ1v) is 8.82. The van der Waals surface area contributed by atoms with Gasteiger partial charge >= 0.3 is 0 Å². The molecule has 0 amide bonds. The fraction of sp³-hybridized carbons (Fsp3) is 0.500. The number of methoxy groups -OCH3 is 1. The Bertz CT molecular complexity index is 584. The third-order valence-corrected chi connectivity index (χ3v) is 5.52. The van der Waals surface area contributed by atoms with E-state index in [9.17, 15) is 0 Å². The second-order valence-corrected chi connectivity index (χ2v) is 7.05. The molecule has 2 aromatic rings. The predicted octanol–water partition coefficient (Wildman–Crippen LogP) is 3.53. The summed E-state index contributed by atoms with van der Waals surface area (Å²) in [6.45, 7) is 5.35. The normalized spacial score (nSPS) is 22.8. The van der Waals surface area contributed by atoms with Gasteiger partial charge in [0, 0.05) is 37.5 Å². The quantitative estimate of drug-likeness (QED) is 0.844. The largest absolute Gasteiger partial charge is 0.381 e. The van der Waals surface area contributed by atoms with E-state index in [4.69, 9.17) is 4.74 Å². The standard InChI is InChI=1S/C18H24N2OS/c1-14-18(22-13-19-14)12-20-9-8-17(21-2)16(11-20)10-15-6-4-3-5-7-15/h3-7,13,16-17H,8-12H2,1-2H3/t16-,17-/m1/s1. The molecule has 3 rings (SSSR count). The Balaban J connectivity index is 1.66. The van der Waals surface area contributed by atoms with Crippen LogP contribution < -0.4 is 0 Å². The van der Waals surface area contributed by atoms with Crippen molar-refractivity contribution in [3.8, 4) is 0 Å². The van der Waals surface area contributed by atoms with Gasteiger partial charge in [0.05, 0.1) is 17.3 Å². The van der Waals surface area contributed by atoms with Gasteiger partial charge in [0.2, 0.25) is 0 Å². The van der Waals surface area contributed by atoms with Crippen LogP contribution in [0.3, 0.4) is 0 Å². The molecule has 0 spiro atoms. The molecule has 0 N–H and O–H groups in total. The highest BCUT2D eigenvalue weighted by molar-refractivity contribution is 7.09. The lowest BCUT2D eigenvalue weighted by Crippen LogP contribution is -2.44. The number of thiazole rings is 1. The monoisotopic (exact) mass is 316 g/mol. The Hall–Kier alpha value is -1.23. The van der Waals surface area contributed by atoms with Crippen molar-refractivity contribution in [3.63, 3.8) is 0 Å². The van der Waals surface area contributed by atoms with E-state index in [0.29, 0.717) is 12.0 Å². The zero-order valence-electron chi connectivity index (χ0n) is 13.4. The van der Waals surface area contributed by atoms with Crippen molar-refractivity contribution in [2.24, 2.45) is 5.92 Å². The molecule has 0 bridgehead atoms. The summed E-state index contributed by atoms with van der Waals surface area (Å²) < 4.78 is 5.75. The number of aromatic nitrogens is 1. The van der Waals surface area contributed by atoms with Crippen molar-refractivity contribution in [2.75, 3.05) is 20.2 Å². The molecule has 2 heterocycles. The second kappa shape index (κ2) is 7.36. The van der Waals surface area contributed by atoms with Crippen molar-refractivity contribution in [1.29, 1.82) is 0 Å². The average molecular weight is 316 g/mol. The van der Waals surface area contributed by atoms with Crippen molar-refractivity contribution < 1.29 is 4.74 Å². The highest BCUT2D eigenvalue weighted by Crippen LogP contribution is 2.26. The van der Waals surface area contributed by atoms with Crippen LogP contribution in [0.1, 0.15) is 22.6 Å². The molecule has 1 aromatic heterocycles. The van der Waals surface area contributed by atoms with E-state index >= 15 is 0 Å². The highest BCUT2D eigenvalue weighted by Gasteiger charge is 2.29. The topological polar surface area (TPSA) is 25.4 Å². The highest BCUT2D eigenvalue weighted by atomic mass is 32.1. The molecule has 1 aliphatic heterocycles. The first-order chi connectivity index (χ1) is 10.8. The molecule has 0 unspecified atom stereocenters. The van der Waals surface area contributed by atoms with Crippen molar-refractivity contribution in [1.82, 2.24) is 9.88 Å². The summed E-state index contributed by atoms with van der Waals surface area (Å²) in [4.78, 5) is 8.32. The molecule has 2 atom stereocenters. The summed E-state index contributed by atoms with van der Waals surface area (Å²) in [6, 6.07) is 10.8. The van der Waals surface area contributed by atoms with Crippen LogP contribution in [-0.2, 0) is 17.7 Å². The average Bonchev–Trinajstić information content (AvgIpc) is 2.94. The fourth-order valence-corrected chi connectivity index (χ4v) is 4.15. The van der Waals surface area contributed by atoms with Crippen molar-refractivity contribution >= 4 is 11.3 Å². The molecular formula is C18H24N2OS. The molecule has 1 aliphatic rings. The molecule has 0 aliphatic carbocycles. The van der Waals surface area contributed by atoms with Crippen LogP contribution in [0, 0.1) is 12.8 Å². The number of ether oxygens (including phenoxy) is 1. The Morgan fingerprint density at radius 1 is 1.32 bits per heavy atom. The first kappa shape index (κ1) is 15.7. The number of hydrogen-bond acceptors (Lipinski definition) is 4. The predicted molar refractivity (Wildman–Crippen MR) is 91.2 cm³/mol. The van der Waals surface area contributed by atoms with Gasteiger partial charge in [-0.05, 0) is 25.3 Å². The maximum absolute atomic E-state index is 5.75. The number of aryl methyl sites for hydroxylation is 1. The molecular weight excluding hydrogens is 292 g/mol. The Morgan fingerprint density at radius 3 is 2.82 bits per heavy atom. The molecule has 22 heavy (non-hydrogen) atoms. The minimum absolute atomic E-state index is 0.374. The van der Waals surface area contributed by atoms with Gasteiger partial charge in [-0.2, -0.15) is 0 Å². The van der Waals surface area contributed by atoms with Gasteiger partial charge in [0.15, 0.2) is 0 Å². The lowest BCUT2D eigenvalue weighted by molar-refractivity contribution is -0.00828. The van der Waals surface area contributed by atoms with Crippen LogP contribution in [-0.4, -0.2) is 36.2 Å². The van der Waals surface area contributed by atoms with Gasteiger partial charge in [-0.15, -0.1) is 11.3 Å². The van der Waals surface area contributed by atoms with Gasteiger partial charge in [-0.25, -0.2) is 4.98 Å². The summed E-state index contributed by atoms with van der Waals surface area (Å²) in [6.07, 6.45) is 2.59. The van der Waals surface area contributed by atoms with Crippen LogP contribution in [0.25, 0.3) is 0 Å². The van der Waals surface area contributed by atoms with E-state index in [0.717, 1.165) is 32.5 Å². The molecule has 118 valence electrons. The Morgan fingerprint density at radius 2 is 2.14 bits per heavy atom. The zero-order valence-corrected chi connectivity index (χ0v) is 14.2. The van der Waals surface area contributed by atoms with E-state index in [1.54, 1.807) is 11.3 Å². The summed E-state index contributed by atoms with van der Waals surface area (Å²) in [5.74, 6) is 0.564. The Labute approximate surface area is 137 Å². The molecule has 1 fully saturated rings. The zero-order chi connectivity index (χ0) is 15.4. The summed E-state index contributed by atoms with van der Waals surface area (Å²) in [5.41, 5.74) is 4.54. The Kier molecular flexibility index (Phi) is 5.24. The molecule has 1 saturated heterocycles. The molecule has 0 radical (unpaired) electrons. The smallest absolute Gasteiger partial charge is 0.0798 e. The maximum atomic E-state index is 5.75. The first-order valence-electron chi connectivity index (χ1n) is 7.94. The number of nitrogens with zero attached hydrogens (tertiary/aromatic N) is 2. The third kappa shape index (κ3) is 3.75. The SMILES string of the molecule is CO[C@@H]1CCN(Cc2scnc2C)C[C@H]1Cc1ccccc1. The number of likely N-dealkylation sites (tertiary alicyclic amines) is 1. The molecule has 0 saturated carbocycles. The van der Waals surface area contributed by atoms with E-state index < -0.39 is 0 Å². The summed E-state index contributed by atoms with van der Waals surface area (Å²) in [5, 5.41) is 0. The minimum Gasteiger partial charge on any atom is -0.381 e.